The predicted octanol–water partition coefficient (Wildman–Crippen LogP) is 5.70. The molecule has 2 aromatic carbocycles. The van der Waals surface area contributed by atoms with Crippen LogP contribution in [0.3, 0.4) is 0 Å². The average Bonchev–Trinajstić information content (AvgIpc) is 2.68. The Morgan fingerprint density at radius 3 is 2.46 bits per heavy atom. The van der Waals surface area contributed by atoms with E-state index in [-0.39, 0.29) is 11.2 Å². The molecule has 0 spiro atoms. The number of aryl methyl sites for hydroxylation is 1. The second kappa shape index (κ2) is 7.19. The van der Waals surface area contributed by atoms with E-state index in [1.807, 2.05) is 24.3 Å². The number of aromatic nitrogens is 2. The zero-order valence-corrected chi connectivity index (χ0v) is 16.6. The zero-order chi connectivity index (χ0) is 19.7. The van der Waals surface area contributed by atoms with Crippen LogP contribution in [-0.4, -0.2) is 15.8 Å². The van der Waals surface area contributed by atoms with E-state index in [0.717, 1.165) is 40.9 Å². The molecule has 28 heavy (non-hydrogen) atoms. The van der Waals surface area contributed by atoms with Gasteiger partial charge >= 0.3 is 0 Å². The van der Waals surface area contributed by atoms with E-state index in [2.05, 4.69) is 60.3 Å². The van der Waals surface area contributed by atoms with Crippen molar-refractivity contribution in [2.45, 2.75) is 45.4 Å². The summed E-state index contributed by atoms with van der Waals surface area (Å²) in [6.45, 7) is 6.62. The molecule has 0 saturated heterocycles. The van der Waals surface area contributed by atoms with Gasteiger partial charge in [-0.25, -0.2) is 9.97 Å². The number of hydrogen-bond acceptors (Lipinski definition) is 4. The summed E-state index contributed by atoms with van der Waals surface area (Å²) in [5, 5.41) is 3.32. The van der Waals surface area contributed by atoms with Crippen molar-refractivity contribution in [1.29, 1.82) is 0 Å². The van der Waals surface area contributed by atoms with Crippen LogP contribution >= 0.6 is 0 Å². The van der Waals surface area contributed by atoms with E-state index in [4.69, 9.17) is 0 Å². The number of rotatable bonds is 3. The first kappa shape index (κ1) is 18.4. The smallest absolute Gasteiger partial charge is 0.163 e. The van der Waals surface area contributed by atoms with Crippen LogP contribution in [0.4, 0.5) is 11.5 Å². The molecule has 1 aliphatic rings. The summed E-state index contributed by atoms with van der Waals surface area (Å²) in [6.07, 6.45) is 4.13. The second-order valence-electron chi connectivity index (χ2n) is 8.39. The van der Waals surface area contributed by atoms with Crippen LogP contribution in [0.2, 0.25) is 0 Å². The molecule has 0 saturated carbocycles. The number of Topliss-reactive ketones (excluding diaryl/α,β-unsaturated/α-hetero) is 1. The maximum absolute atomic E-state index is 12.2. The molecule has 0 aliphatic heterocycles. The van der Waals surface area contributed by atoms with Gasteiger partial charge in [0.05, 0.1) is 5.69 Å². The first-order valence-electron chi connectivity index (χ1n) is 9.76. The van der Waals surface area contributed by atoms with Crippen molar-refractivity contribution in [3.8, 4) is 11.3 Å². The topological polar surface area (TPSA) is 54.9 Å². The van der Waals surface area contributed by atoms with E-state index in [9.17, 15) is 4.79 Å². The quantitative estimate of drug-likeness (QED) is 0.641. The number of anilines is 2. The van der Waals surface area contributed by atoms with Crippen molar-refractivity contribution in [2.75, 3.05) is 5.32 Å². The van der Waals surface area contributed by atoms with Crippen LogP contribution in [0.1, 0.15) is 55.1 Å². The largest absolute Gasteiger partial charge is 0.340 e. The summed E-state index contributed by atoms with van der Waals surface area (Å²) in [5.74, 6) is 0.945. The third-order valence-electron chi connectivity index (χ3n) is 5.25. The molecule has 3 aromatic rings. The third-order valence-corrected chi connectivity index (χ3v) is 5.25. The molecule has 142 valence electrons. The molecular formula is C24H25N3O. The van der Waals surface area contributed by atoms with Crippen molar-refractivity contribution in [3.63, 3.8) is 0 Å². The van der Waals surface area contributed by atoms with Gasteiger partial charge in [-0.2, -0.15) is 0 Å². The molecule has 0 atom stereocenters. The van der Waals surface area contributed by atoms with E-state index >= 15 is 0 Å². The number of benzene rings is 2. The Kier molecular flexibility index (Phi) is 4.71. The lowest BCUT2D eigenvalue weighted by Crippen LogP contribution is -2.11. The third kappa shape index (κ3) is 3.81. The maximum atomic E-state index is 12.2. The maximum Gasteiger partial charge on any atom is 0.163 e. The Labute approximate surface area is 166 Å². The Morgan fingerprint density at radius 2 is 1.71 bits per heavy atom. The van der Waals surface area contributed by atoms with Crippen molar-refractivity contribution in [1.82, 2.24) is 9.97 Å². The van der Waals surface area contributed by atoms with Crippen LogP contribution < -0.4 is 5.32 Å². The molecule has 1 heterocycles. The summed E-state index contributed by atoms with van der Waals surface area (Å²) in [5.41, 5.74) is 6.20. The number of nitrogens with zero attached hydrogens (tertiary/aromatic N) is 2. The molecule has 1 aromatic heterocycles. The van der Waals surface area contributed by atoms with Gasteiger partial charge in [-0.05, 0) is 41.5 Å². The van der Waals surface area contributed by atoms with Crippen LogP contribution in [0.25, 0.3) is 11.3 Å². The Morgan fingerprint density at radius 1 is 0.929 bits per heavy atom. The van der Waals surface area contributed by atoms with Gasteiger partial charge in [-0.3, -0.25) is 4.79 Å². The molecule has 4 nitrogen and oxygen atoms in total. The lowest BCUT2D eigenvalue weighted by molar-refractivity contribution is 0.0972. The van der Waals surface area contributed by atoms with E-state index in [1.165, 1.54) is 5.56 Å². The van der Waals surface area contributed by atoms with Crippen LogP contribution in [0, 0.1) is 0 Å². The number of carbonyl (C=O) groups is 1. The molecule has 0 amide bonds. The fraction of sp³-hybridized carbons (Fsp3) is 0.292. The monoisotopic (exact) mass is 371 g/mol. The second-order valence-corrected chi connectivity index (χ2v) is 8.39. The minimum atomic E-state index is 0.126. The van der Waals surface area contributed by atoms with E-state index in [1.54, 1.807) is 6.33 Å². The fourth-order valence-corrected chi connectivity index (χ4v) is 3.58. The lowest BCUT2D eigenvalue weighted by atomic mass is 9.86. The van der Waals surface area contributed by atoms with E-state index < -0.39 is 0 Å². The molecule has 0 fully saturated rings. The van der Waals surface area contributed by atoms with Crippen LogP contribution in [-0.2, 0) is 11.8 Å². The van der Waals surface area contributed by atoms with Gasteiger partial charge in [0.2, 0.25) is 0 Å². The molecule has 0 radical (unpaired) electrons. The van der Waals surface area contributed by atoms with E-state index in [0.29, 0.717) is 12.2 Å². The lowest BCUT2D eigenvalue weighted by Gasteiger charge is -2.19. The number of carbonyl (C=O) groups excluding carboxylic acids is 1. The summed E-state index contributed by atoms with van der Waals surface area (Å²) >= 11 is 0. The predicted molar refractivity (Wildman–Crippen MR) is 113 cm³/mol. The summed E-state index contributed by atoms with van der Waals surface area (Å²) in [6, 6.07) is 16.4. The number of ketones is 1. The normalized spacial score (nSPS) is 13.9. The Balaban J connectivity index is 1.58. The van der Waals surface area contributed by atoms with Gasteiger partial charge in [0.1, 0.15) is 12.1 Å². The summed E-state index contributed by atoms with van der Waals surface area (Å²) < 4.78 is 0. The Bertz CT molecular complexity index is 1020. The standard InChI is InChI=1S/C24H25N3O/c1-24(2,3)18-10-7-17(8-11-18)21-14-23(26-15-25-21)27-19-12-9-16-5-4-6-22(28)20(16)13-19/h7-15H,4-6H2,1-3H3,(H,25,26,27). The van der Waals surface area contributed by atoms with Gasteiger partial charge < -0.3 is 5.32 Å². The SMILES string of the molecule is CC(C)(C)c1ccc(-c2cc(Nc3ccc4c(c3)C(=O)CCC4)ncn2)cc1. The van der Waals surface area contributed by atoms with Gasteiger partial charge in [-0.15, -0.1) is 0 Å². The first-order chi connectivity index (χ1) is 13.4. The molecule has 4 heteroatoms. The highest BCUT2D eigenvalue weighted by Crippen LogP contribution is 2.28. The molecule has 0 bridgehead atoms. The summed E-state index contributed by atoms with van der Waals surface area (Å²) in [4.78, 5) is 20.9. The molecule has 1 N–H and O–H groups in total. The highest BCUT2D eigenvalue weighted by molar-refractivity contribution is 5.99. The number of fused-ring (bicyclic) bond motifs is 1. The van der Waals surface area contributed by atoms with Crippen molar-refractivity contribution >= 4 is 17.3 Å². The van der Waals surface area contributed by atoms with Crippen molar-refractivity contribution in [3.05, 3.63) is 71.5 Å². The van der Waals surface area contributed by atoms with Gasteiger partial charge in [0.25, 0.3) is 0 Å². The highest BCUT2D eigenvalue weighted by atomic mass is 16.1. The minimum Gasteiger partial charge on any atom is -0.340 e. The van der Waals surface area contributed by atoms with Crippen LogP contribution in [0.5, 0.6) is 0 Å². The van der Waals surface area contributed by atoms with Gasteiger partial charge in [-0.1, -0.05) is 51.1 Å². The van der Waals surface area contributed by atoms with Crippen LogP contribution in [0.15, 0.2) is 54.9 Å². The molecular weight excluding hydrogens is 346 g/mol. The molecule has 0 unspecified atom stereocenters. The number of hydrogen-bond donors (Lipinski definition) is 1. The van der Waals surface area contributed by atoms with Gasteiger partial charge in [0, 0.05) is 29.3 Å². The van der Waals surface area contributed by atoms with Crippen molar-refractivity contribution < 1.29 is 4.79 Å². The van der Waals surface area contributed by atoms with Gasteiger partial charge in [0.15, 0.2) is 5.78 Å². The summed E-state index contributed by atoms with van der Waals surface area (Å²) in [7, 11) is 0. The number of nitrogens with one attached hydrogen (secondary N) is 1. The highest BCUT2D eigenvalue weighted by Gasteiger charge is 2.17. The minimum absolute atomic E-state index is 0.126. The Hall–Kier alpha value is -3.01. The zero-order valence-electron chi connectivity index (χ0n) is 16.6. The first-order valence-corrected chi connectivity index (χ1v) is 9.76. The molecule has 4 rings (SSSR count). The average molecular weight is 371 g/mol. The fourth-order valence-electron chi connectivity index (χ4n) is 3.58. The van der Waals surface area contributed by atoms with Crippen molar-refractivity contribution in [2.24, 2.45) is 0 Å². The molecule has 1 aliphatic carbocycles.